The van der Waals surface area contributed by atoms with Crippen molar-refractivity contribution < 1.29 is 19.6 Å². The van der Waals surface area contributed by atoms with Crippen LogP contribution in [0, 0.1) is 10.1 Å². The second-order valence-electron chi connectivity index (χ2n) is 4.36. The molecule has 1 N–H and O–H groups in total. The zero-order valence-corrected chi connectivity index (χ0v) is 11.0. The molecule has 0 aromatic heterocycles. The molecule has 1 aromatic carbocycles. The second-order valence-corrected chi connectivity index (χ2v) is 4.36. The Labute approximate surface area is 110 Å². The lowest BCUT2D eigenvalue weighted by atomic mass is 10.2. The Morgan fingerprint density at radius 3 is 2.58 bits per heavy atom. The molecule has 0 aliphatic heterocycles. The first-order valence-corrected chi connectivity index (χ1v) is 5.68. The van der Waals surface area contributed by atoms with Crippen molar-refractivity contribution in [1.82, 2.24) is 0 Å². The SMILES string of the molecule is CC(C)Oc1cc(N(C)CC(=O)O)cc([N+](=O)[O-])c1. The summed E-state index contributed by atoms with van der Waals surface area (Å²) in [5.74, 6) is -0.670. The van der Waals surface area contributed by atoms with Crippen LogP contribution in [-0.4, -0.2) is 35.7 Å². The first kappa shape index (κ1) is 14.7. The van der Waals surface area contributed by atoms with Crippen LogP contribution in [0.2, 0.25) is 0 Å². The third-order valence-electron chi connectivity index (χ3n) is 2.27. The van der Waals surface area contributed by atoms with E-state index in [1.807, 2.05) is 0 Å². The third kappa shape index (κ3) is 4.46. The number of nitrogens with zero attached hydrogens (tertiary/aromatic N) is 2. The molecule has 0 fully saturated rings. The number of nitro benzene ring substituents is 1. The van der Waals surface area contributed by atoms with E-state index in [2.05, 4.69) is 0 Å². The number of ether oxygens (including phenoxy) is 1. The lowest BCUT2D eigenvalue weighted by Gasteiger charge is -2.18. The summed E-state index contributed by atoms with van der Waals surface area (Å²) in [6.07, 6.45) is -0.125. The highest BCUT2D eigenvalue weighted by Gasteiger charge is 2.15. The number of rotatable bonds is 6. The minimum Gasteiger partial charge on any atom is -0.491 e. The van der Waals surface area contributed by atoms with E-state index in [0.29, 0.717) is 11.4 Å². The van der Waals surface area contributed by atoms with Gasteiger partial charge in [0.05, 0.1) is 17.1 Å². The number of nitro groups is 1. The molecule has 1 rings (SSSR count). The van der Waals surface area contributed by atoms with Gasteiger partial charge in [-0.15, -0.1) is 0 Å². The summed E-state index contributed by atoms with van der Waals surface area (Å²) in [6.45, 7) is 3.36. The summed E-state index contributed by atoms with van der Waals surface area (Å²) in [6, 6.07) is 4.21. The van der Waals surface area contributed by atoms with Crippen molar-refractivity contribution in [2.45, 2.75) is 20.0 Å². The van der Waals surface area contributed by atoms with Crippen LogP contribution in [0.25, 0.3) is 0 Å². The normalized spacial score (nSPS) is 10.3. The molecule has 0 aliphatic rings. The van der Waals surface area contributed by atoms with Crippen molar-refractivity contribution in [3.63, 3.8) is 0 Å². The van der Waals surface area contributed by atoms with Gasteiger partial charge in [0.15, 0.2) is 0 Å². The highest BCUT2D eigenvalue weighted by atomic mass is 16.6. The van der Waals surface area contributed by atoms with Gasteiger partial charge in [-0.05, 0) is 13.8 Å². The Morgan fingerprint density at radius 1 is 1.47 bits per heavy atom. The lowest BCUT2D eigenvalue weighted by molar-refractivity contribution is -0.384. The van der Waals surface area contributed by atoms with E-state index in [1.54, 1.807) is 27.0 Å². The standard InChI is InChI=1S/C12H16N2O5/c1-8(2)19-11-5-9(13(3)7-12(15)16)4-10(6-11)14(17)18/h4-6,8H,7H2,1-3H3,(H,15,16). The van der Waals surface area contributed by atoms with E-state index >= 15 is 0 Å². The first-order valence-electron chi connectivity index (χ1n) is 5.68. The molecule has 0 unspecified atom stereocenters. The van der Waals surface area contributed by atoms with E-state index in [-0.39, 0.29) is 18.3 Å². The molecular weight excluding hydrogens is 252 g/mol. The maximum absolute atomic E-state index is 10.9. The average molecular weight is 268 g/mol. The van der Waals surface area contributed by atoms with Gasteiger partial charge in [0.1, 0.15) is 12.3 Å². The van der Waals surface area contributed by atoms with Gasteiger partial charge in [-0.25, -0.2) is 0 Å². The summed E-state index contributed by atoms with van der Waals surface area (Å²) in [5.41, 5.74) is 0.289. The first-order chi connectivity index (χ1) is 8.79. The predicted molar refractivity (Wildman–Crippen MR) is 69.8 cm³/mol. The number of anilines is 1. The van der Waals surface area contributed by atoms with E-state index in [9.17, 15) is 14.9 Å². The Bertz CT molecular complexity index is 487. The number of benzene rings is 1. The van der Waals surface area contributed by atoms with Gasteiger partial charge < -0.3 is 14.7 Å². The van der Waals surface area contributed by atoms with Crippen molar-refractivity contribution >= 4 is 17.3 Å². The Hall–Kier alpha value is -2.31. The fourth-order valence-electron chi connectivity index (χ4n) is 1.53. The third-order valence-corrected chi connectivity index (χ3v) is 2.27. The topological polar surface area (TPSA) is 92.9 Å². The number of aliphatic carboxylic acids is 1. The van der Waals surface area contributed by atoms with E-state index in [1.165, 1.54) is 17.0 Å². The van der Waals surface area contributed by atoms with Gasteiger partial charge in [0, 0.05) is 24.9 Å². The van der Waals surface area contributed by atoms with Crippen LogP contribution in [0.3, 0.4) is 0 Å². The molecule has 7 heteroatoms. The minimum atomic E-state index is -1.01. The van der Waals surface area contributed by atoms with Crippen molar-refractivity contribution in [1.29, 1.82) is 0 Å². The Morgan fingerprint density at radius 2 is 2.11 bits per heavy atom. The number of carbonyl (C=O) groups is 1. The van der Waals surface area contributed by atoms with Gasteiger partial charge in [-0.1, -0.05) is 0 Å². The van der Waals surface area contributed by atoms with Gasteiger partial charge >= 0.3 is 5.97 Å². The Balaban J connectivity index is 3.12. The van der Waals surface area contributed by atoms with Crippen LogP contribution >= 0.6 is 0 Å². The van der Waals surface area contributed by atoms with Gasteiger partial charge in [0.2, 0.25) is 0 Å². The largest absolute Gasteiger partial charge is 0.491 e. The van der Waals surface area contributed by atoms with E-state index < -0.39 is 10.9 Å². The number of hydrogen-bond acceptors (Lipinski definition) is 5. The monoisotopic (exact) mass is 268 g/mol. The fourth-order valence-corrected chi connectivity index (χ4v) is 1.53. The average Bonchev–Trinajstić information content (AvgIpc) is 2.26. The summed E-state index contributed by atoms with van der Waals surface area (Å²) >= 11 is 0. The summed E-state index contributed by atoms with van der Waals surface area (Å²) in [5, 5.41) is 19.6. The number of carboxylic acids is 1. The highest BCUT2D eigenvalue weighted by molar-refractivity contribution is 5.74. The summed E-state index contributed by atoms with van der Waals surface area (Å²) in [7, 11) is 1.55. The molecule has 1 aromatic rings. The highest BCUT2D eigenvalue weighted by Crippen LogP contribution is 2.28. The molecule has 0 aliphatic carbocycles. The second kappa shape index (κ2) is 6.03. The predicted octanol–water partition coefficient (Wildman–Crippen LogP) is 1.90. The molecule has 0 bridgehead atoms. The van der Waals surface area contributed by atoms with Crippen molar-refractivity contribution in [3.8, 4) is 5.75 Å². The van der Waals surface area contributed by atoms with Crippen LogP contribution < -0.4 is 9.64 Å². The molecule has 104 valence electrons. The van der Waals surface area contributed by atoms with Crippen LogP contribution in [-0.2, 0) is 4.79 Å². The number of hydrogen-bond donors (Lipinski definition) is 1. The molecule has 19 heavy (non-hydrogen) atoms. The number of likely N-dealkylation sites (N-methyl/N-ethyl adjacent to an activating group) is 1. The van der Waals surface area contributed by atoms with Crippen molar-refractivity contribution in [3.05, 3.63) is 28.3 Å². The summed E-state index contributed by atoms with van der Waals surface area (Å²) < 4.78 is 5.42. The maximum Gasteiger partial charge on any atom is 0.323 e. The molecule has 7 nitrogen and oxygen atoms in total. The molecule has 0 heterocycles. The number of non-ortho nitro benzene ring substituents is 1. The Kier molecular flexibility index (Phi) is 4.68. The quantitative estimate of drug-likeness (QED) is 0.625. The zero-order valence-electron chi connectivity index (χ0n) is 11.0. The summed E-state index contributed by atoms with van der Waals surface area (Å²) in [4.78, 5) is 22.4. The smallest absolute Gasteiger partial charge is 0.323 e. The van der Waals surface area contributed by atoms with Crippen molar-refractivity contribution in [2.75, 3.05) is 18.5 Å². The fraction of sp³-hybridized carbons (Fsp3) is 0.417. The molecule has 0 saturated heterocycles. The molecule has 0 atom stereocenters. The van der Waals surface area contributed by atoms with E-state index in [4.69, 9.17) is 9.84 Å². The molecule has 0 amide bonds. The van der Waals surface area contributed by atoms with Crippen LogP contribution in [0.15, 0.2) is 18.2 Å². The van der Waals surface area contributed by atoms with Crippen LogP contribution in [0.4, 0.5) is 11.4 Å². The zero-order chi connectivity index (χ0) is 14.6. The number of carboxylic acid groups (broad SMARTS) is 1. The minimum absolute atomic E-state index is 0.125. The lowest BCUT2D eigenvalue weighted by Crippen LogP contribution is -2.25. The van der Waals surface area contributed by atoms with Crippen molar-refractivity contribution in [2.24, 2.45) is 0 Å². The molecular formula is C12H16N2O5. The van der Waals surface area contributed by atoms with Gasteiger partial charge in [0.25, 0.3) is 5.69 Å². The molecule has 0 spiro atoms. The van der Waals surface area contributed by atoms with Gasteiger partial charge in [-0.3, -0.25) is 14.9 Å². The van der Waals surface area contributed by atoms with Gasteiger partial charge in [-0.2, -0.15) is 0 Å². The van der Waals surface area contributed by atoms with E-state index in [0.717, 1.165) is 0 Å². The molecule has 0 radical (unpaired) electrons. The maximum atomic E-state index is 10.9. The van der Waals surface area contributed by atoms with Crippen LogP contribution in [0.1, 0.15) is 13.8 Å². The van der Waals surface area contributed by atoms with Crippen LogP contribution in [0.5, 0.6) is 5.75 Å². The molecule has 0 saturated carbocycles.